The van der Waals surface area contributed by atoms with Crippen LogP contribution in [0.3, 0.4) is 0 Å². The highest BCUT2D eigenvalue weighted by molar-refractivity contribution is 6.31. The molecule has 1 aliphatic carbocycles. The first-order chi connectivity index (χ1) is 10.5. The molecular formula is C18H24ClNO3. The molecule has 1 amide bonds. The number of hydrogen-bond donors (Lipinski definition) is 2. The average Bonchev–Trinajstić information content (AvgIpc) is 2.66. The van der Waals surface area contributed by atoms with Crippen molar-refractivity contribution in [3.63, 3.8) is 0 Å². The Morgan fingerprint density at radius 3 is 2.22 bits per heavy atom. The molecule has 0 heterocycles. The van der Waals surface area contributed by atoms with Gasteiger partial charge >= 0.3 is 5.97 Å². The second-order valence-corrected chi connectivity index (χ2v) is 7.87. The van der Waals surface area contributed by atoms with E-state index in [1.807, 2.05) is 27.7 Å². The van der Waals surface area contributed by atoms with Crippen molar-refractivity contribution in [1.29, 1.82) is 0 Å². The summed E-state index contributed by atoms with van der Waals surface area (Å²) in [6, 6.07) is 5.37. The van der Waals surface area contributed by atoms with Crippen LogP contribution >= 0.6 is 11.6 Å². The number of aliphatic carboxylic acids is 1. The lowest BCUT2D eigenvalue weighted by atomic mass is 9.59. The Hall–Kier alpha value is -1.55. The van der Waals surface area contributed by atoms with Gasteiger partial charge in [-0.2, -0.15) is 0 Å². The highest BCUT2D eigenvalue weighted by Crippen LogP contribution is 2.63. The summed E-state index contributed by atoms with van der Waals surface area (Å²) in [6.07, 6.45) is 1.02. The van der Waals surface area contributed by atoms with Crippen molar-refractivity contribution < 1.29 is 14.7 Å². The molecule has 0 bridgehead atoms. The second kappa shape index (κ2) is 5.52. The van der Waals surface area contributed by atoms with Crippen LogP contribution in [0, 0.1) is 23.2 Å². The standard InChI is InChI=1S/C18H24ClNO3/c1-11-12(19)7-6-8-13(11)20-14(21)17(4)9-10-18(5,15(22)23)16(17,2)3/h6-8H,9-10H2,1-5H3,(H,20,21)(H,22,23). The summed E-state index contributed by atoms with van der Waals surface area (Å²) in [5.74, 6) is -1.00. The third kappa shape index (κ3) is 2.44. The molecule has 2 rings (SSSR count). The number of hydrogen-bond acceptors (Lipinski definition) is 2. The van der Waals surface area contributed by atoms with E-state index in [4.69, 9.17) is 11.6 Å². The Labute approximate surface area is 142 Å². The second-order valence-electron chi connectivity index (χ2n) is 7.46. The fourth-order valence-corrected chi connectivity index (χ4v) is 3.68. The van der Waals surface area contributed by atoms with Gasteiger partial charge in [0.25, 0.3) is 0 Å². The number of rotatable bonds is 3. The monoisotopic (exact) mass is 337 g/mol. The van der Waals surface area contributed by atoms with E-state index in [9.17, 15) is 14.7 Å². The van der Waals surface area contributed by atoms with Crippen LogP contribution in [-0.4, -0.2) is 17.0 Å². The third-order valence-corrected chi connectivity index (χ3v) is 6.78. The first-order valence-corrected chi connectivity index (χ1v) is 8.15. The first-order valence-electron chi connectivity index (χ1n) is 7.77. The van der Waals surface area contributed by atoms with Crippen LogP contribution < -0.4 is 5.32 Å². The fraction of sp³-hybridized carbons (Fsp3) is 0.556. The summed E-state index contributed by atoms with van der Waals surface area (Å²) in [4.78, 5) is 24.7. The van der Waals surface area contributed by atoms with E-state index in [1.54, 1.807) is 25.1 Å². The molecule has 0 saturated heterocycles. The number of benzene rings is 1. The summed E-state index contributed by atoms with van der Waals surface area (Å²) in [5, 5.41) is 13.2. The molecule has 0 spiro atoms. The van der Waals surface area contributed by atoms with Crippen LogP contribution in [0.25, 0.3) is 0 Å². The molecule has 2 unspecified atom stereocenters. The van der Waals surface area contributed by atoms with Crippen molar-refractivity contribution in [2.75, 3.05) is 5.32 Å². The lowest BCUT2D eigenvalue weighted by Gasteiger charge is -2.44. The topological polar surface area (TPSA) is 66.4 Å². The lowest BCUT2D eigenvalue weighted by molar-refractivity contribution is -0.157. The number of carbonyl (C=O) groups excluding carboxylic acids is 1. The van der Waals surface area contributed by atoms with Crippen molar-refractivity contribution in [2.45, 2.75) is 47.5 Å². The molecule has 1 aromatic carbocycles. The molecule has 0 aliphatic heterocycles. The lowest BCUT2D eigenvalue weighted by Crippen LogP contribution is -2.49. The molecule has 5 heteroatoms. The van der Waals surface area contributed by atoms with Gasteiger partial charge in [0.1, 0.15) is 0 Å². The van der Waals surface area contributed by atoms with E-state index in [0.717, 1.165) is 5.56 Å². The van der Waals surface area contributed by atoms with Crippen molar-refractivity contribution in [2.24, 2.45) is 16.2 Å². The van der Waals surface area contributed by atoms with E-state index in [-0.39, 0.29) is 5.91 Å². The number of amides is 1. The Morgan fingerprint density at radius 1 is 1.13 bits per heavy atom. The largest absolute Gasteiger partial charge is 0.481 e. The van der Waals surface area contributed by atoms with E-state index in [0.29, 0.717) is 23.6 Å². The minimum atomic E-state index is -0.928. The normalized spacial score (nSPS) is 29.3. The highest BCUT2D eigenvalue weighted by Gasteiger charge is 2.64. The zero-order valence-electron chi connectivity index (χ0n) is 14.3. The van der Waals surface area contributed by atoms with Crippen LogP contribution in [0.2, 0.25) is 5.02 Å². The van der Waals surface area contributed by atoms with Crippen LogP contribution in [0.15, 0.2) is 18.2 Å². The average molecular weight is 338 g/mol. The highest BCUT2D eigenvalue weighted by atomic mass is 35.5. The Morgan fingerprint density at radius 2 is 1.70 bits per heavy atom. The van der Waals surface area contributed by atoms with Crippen molar-refractivity contribution in [1.82, 2.24) is 0 Å². The minimum absolute atomic E-state index is 0.155. The Balaban J connectivity index is 2.36. The van der Waals surface area contributed by atoms with Crippen molar-refractivity contribution >= 4 is 29.2 Å². The molecule has 2 atom stereocenters. The molecule has 0 aromatic heterocycles. The van der Waals surface area contributed by atoms with E-state index in [2.05, 4.69) is 5.32 Å². The predicted octanol–water partition coefficient (Wildman–Crippen LogP) is 4.50. The number of carbonyl (C=O) groups is 2. The molecule has 0 radical (unpaired) electrons. The summed E-state index contributed by atoms with van der Waals surface area (Å²) in [5.41, 5.74) is -0.897. The molecule has 4 nitrogen and oxygen atoms in total. The minimum Gasteiger partial charge on any atom is -0.481 e. The number of halogens is 1. The molecule has 1 aliphatic rings. The molecular weight excluding hydrogens is 314 g/mol. The molecule has 1 aromatic rings. The van der Waals surface area contributed by atoms with Gasteiger partial charge in [-0.05, 0) is 49.8 Å². The quantitative estimate of drug-likeness (QED) is 0.853. The summed E-state index contributed by atoms with van der Waals surface area (Å²) in [7, 11) is 0. The molecule has 126 valence electrons. The van der Waals surface area contributed by atoms with Gasteiger partial charge in [0.2, 0.25) is 5.91 Å². The van der Waals surface area contributed by atoms with Crippen LogP contribution in [-0.2, 0) is 9.59 Å². The SMILES string of the molecule is Cc1c(Cl)cccc1NC(=O)C1(C)CCC(C)(C(=O)O)C1(C)C. The third-order valence-electron chi connectivity index (χ3n) is 6.37. The van der Waals surface area contributed by atoms with Gasteiger partial charge in [-0.1, -0.05) is 38.4 Å². The van der Waals surface area contributed by atoms with Gasteiger partial charge in [0, 0.05) is 10.7 Å². The zero-order valence-corrected chi connectivity index (χ0v) is 15.0. The van der Waals surface area contributed by atoms with Gasteiger partial charge in [-0.15, -0.1) is 0 Å². The number of carboxylic acid groups (broad SMARTS) is 1. The molecule has 1 fully saturated rings. The van der Waals surface area contributed by atoms with E-state index >= 15 is 0 Å². The maximum Gasteiger partial charge on any atom is 0.309 e. The van der Waals surface area contributed by atoms with Crippen LogP contribution in [0.5, 0.6) is 0 Å². The van der Waals surface area contributed by atoms with Gasteiger partial charge < -0.3 is 10.4 Å². The Kier molecular flexibility index (Phi) is 4.27. The predicted molar refractivity (Wildman–Crippen MR) is 91.7 cm³/mol. The van der Waals surface area contributed by atoms with Gasteiger partial charge in [-0.25, -0.2) is 0 Å². The number of nitrogens with one attached hydrogen (secondary N) is 1. The molecule has 2 N–H and O–H groups in total. The first kappa shape index (κ1) is 17.8. The van der Waals surface area contributed by atoms with E-state index in [1.165, 1.54) is 0 Å². The fourth-order valence-electron chi connectivity index (χ4n) is 3.51. The number of anilines is 1. The van der Waals surface area contributed by atoms with Crippen molar-refractivity contribution in [3.05, 3.63) is 28.8 Å². The zero-order chi connectivity index (χ0) is 17.6. The van der Waals surface area contributed by atoms with Crippen LogP contribution in [0.4, 0.5) is 5.69 Å². The molecule has 23 heavy (non-hydrogen) atoms. The maximum atomic E-state index is 13.0. The smallest absolute Gasteiger partial charge is 0.309 e. The van der Waals surface area contributed by atoms with Gasteiger partial charge in [0.15, 0.2) is 0 Å². The van der Waals surface area contributed by atoms with Gasteiger partial charge in [-0.3, -0.25) is 9.59 Å². The van der Waals surface area contributed by atoms with Gasteiger partial charge in [0.05, 0.1) is 10.8 Å². The summed E-state index contributed by atoms with van der Waals surface area (Å²) in [6.45, 7) is 9.19. The summed E-state index contributed by atoms with van der Waals surface area (Å²) < 4.78 is 0. The molecule has 1 saturated carbocycles. The Bertz CT molecular complexity index is 670. The maximum absolute atomic E-state index is 13.0. The van der Waals surface area contributed by atoms with Crippen LogP contribution in [0.1, 0.15) is 46.1 Å². The summed E-state index contributed by atoms with van der Waals surface area (Å²) >= 11 is 6.11. The van der Waals surface area contributed by atoms with Crippen molar-refractivity contribution in [3.8, 4) is 0 Å². The van der Waals surface area contributed by atoms with E-state index < -0.39 is 22.2 Å². The number of carboxylic acids is 1.